The van der Waals surface area contributed by atoms with Crippen LogP contribution in [0.3, 0.4) is 0 Å². The third-order valence-electron chi connectivity index (χ3n) is 2.32. The molecule has 0 aliphatic carbocycles. The molecule has 16 heavy (non-hydrogen) atoms. The van der Waals surface area contributed by atoms with Crippen molar-refractivity contribution in [3.05, 3.63) is 29.4 Å². The number of benzene rings is 1. The molecule has 0 atom stereocenters. The van der Waals surface area contributed by atoms with Gasteiger partial charge in [-0.1, -0.05) is 0 Å². The molecule has 5 heteroatoms. The van der Waals surface area contributed by atoms with Crippen LogP contribution < -0.4 is 0 Å². The summed E-state index contributed by atoms with van der Waals surface area (Å²) in [6.45, 7) is 1.96. The molecule has 1 aromatic carbocycles. The molecular weight excluding hydrogens is 222 g/mol. The molecule has 0 fully saturated rings. The lowest BCUT2D eigenvalue weighted by Crippen LogP contribution is -1.72. The van der Waals surface area contributed by atoms with Crippen LogP contribution in [-0.2, 0) is 0 Å². The standard InChI is InChI=1S/C11H9N3OS/c1-6-12-5-10(16-6)11-13-8-3-2-7(15)4-9(8)14-11/h2-5,15H,1H3,(H,13,14). The van der Waals surface area contributed by atoms with Crippen LogP contribution in [0.1, 0.15) is 5.01 Å². The molecule has 0 aliphatic rings. The van der Waals surface area contributed by atoms with Crippen LogP contribution in [0.2, 0.25) is 0 Å². The quantitative estimate of drug-likeness (QED) is 0.677. The van der Waals surface area contributed by atoms with Crippen molar-refractivity contribution in [2.24, 2.45) is 0 Å². The summed E-state index contributed by atoms with van der Waals surface area (Å²) in [6, 6.07) is 5.09. The molecule has 0 unspecified atom stereocenters. The van der Waals surface area contributed by atoms with Crippen LogP contribution in [0.5, 0.6) is 5.75 Å². The van der Waals surface area contributed by atoms with Crippen LogP contribution in [-0.4, -0.2) is 20.1 Å². The van der Waals surface area contributed by atoms with Crippen molar-refractivity contribution in [3.8, 4) is 16.5 Å². The molecule has 0 saturated carbocycles. The zero-order valence-electron chi connectivity index (χ0n) is 8.56. The smallest absolute Gasteiger partial charge is 0.150 e. The Morgan fingerprint density at radius 3 is 3.00 bits per heavy atom. The van der Waals surface area contributed by atoms with Crippen molar-refractivity contribution >= 4 is 22.4 Å². The van der Waals surface area contributed by atoms with Gasteiger partial charge in [-0.05, 0) is 19.1 Å². The van der Waals surface area contributed by atoms with E-state index in [9.17, 15) is 5.11 Å². The Labute approximate surface area is 95.6 Å². The van der Waals surface area contributed by atoms with Crippen molar-refractivity contribution in [2.75, 3.05) is 0 Å². The normalized spacial score (nSPS) is 11.1. The van der Waals surface area contributed by atoms with Crippen LogP contribution in [0.25, 0.3) is 21.7 Å². The van der Waals surface area contributed by atoms with Crippen LogP contribution in [0.15, 0.2) is 24.4 Å². The molecule has 0 amide bonds. The largest absolute Gasteiger partial charge is 0.508 e. The highest BCUT2D eigenvalue weighted by Gasteiger charge is 2.07. The van der Waals surface area contributed by atoms with E-state index in [4.69, 9.17) is 0 Å². The Morgan fingerprint density at radius 1 is 1.38 bits per heavy atom. The van der Waals surface area contributed by atoms with Gasteiger partial charge in [0.15, 0.2) is 0 Å². The van der Waals surface area contributed by atoms with E-state index in [1.54, 1.807) is 35.7 Å². The second-order valence-corrected chi connectivity index (χ2v) is 4.77. The molecule has 3 aromatic rings. The number of nitrogens with one attached hydrogen (secondary N) is 1. The maximum absolute atomic E-state index is 9.36. The Kier molecular flexibility index (Phi) is 1.94. The lowest BCUT2D eigenvalue weighted by molar-refractivity contribution is 0.476. The number of aromatic nitrogens is 3. The number of hydrogen-bond acceptors (Lipinski definition) is 4. The molecule has 80 valence electrons. The number of aromatic hydroxyl groups is 1. The maximum atomic E-state index is 9.36. The van der Waals surface area contributed by atoms with Crippen molar-refractivity contribution < 1.29 is 5.11 Å². The fourth-order valence-electron chi connectivity index (χ4n) is 1.59. The van der Waals surface area contributed by atoms with Gasteiger partial charge < -0.3 is 10.1 Å². The van der Waals surface area contributed by atoms with E-state index >= 15 is 0 Å². The van der Waals surface area contributed by atoms with Gasteiger partial charge in [-0.3, -0.25) is 0 Å². The van der Waals surface area contributed by atoms with E-state index in [1.807, 2.05) is 6.92 Å². The van der Waals surface area contributed by atoms with E-state index in [1.165, 1.54) is 0 Å². The van der Waals surface area contributed by atoms with Crippen molar-refractivity contribution in [1.82, 2.24) is 15.0 Å². The SMILES string of the molecule is Cc1ncc(-c2nc3ccc(O)cc3[nH]2)s1. The zero-order chi connectivity index (χ0) is 11.1. The number of hydrogen-bond donors (Lipinski definition) is 2. The van der Waals surface area contributed by atoms with Crippen LogP contribution in [0.4, 0.5) is 0 Å². The Balaban J connectivity index is 2.18. The molecule has 0 saturated heterocycles. The highest BCUT2D eigenvalue weighted by molar-refractivity contribution is 7.14. The highest BCUT2D eigenvalue weighted by atomic mass is 32.1. The topological polar surface area (TPSA) is 61.8 Å². The van der Waals surface area contributed by atoms with Gasteiger partial charge in [0, 0.05) is 12.3 Å². The first-order valence-electron chi connectivity index (χ1n) is 4.84. The monoisotopic (exact) mass is 231 g/mol. The molecule has 2 heterocycles. The number of thiazole rings is 1. The molecule has 0 spiro atoms. The van der Waals surface area contributed by atoms with Gasteiger partial charge in [-0.25, -0.2) is 9.97 Å². The average Bonchev–Trinajstić information content (AvgIpc) is 2.83. The third-order valence-corrected chi connectivity index (χ3v) is 3.24. The summed E-state index contributed by atoms with van der Waals surface area (Å²) < 4.78 is 0. The minimum atomic E-state index is 0.239. The maximum Gasteiger partial charge on any atom is 0.150 e. The number of phenolic OH excluding ortho intramolecular Hbond substituents is 1. The van der Waals surface area contributed by atoms with Gasteiger partial charge in [0.25, 0.3) is 0 Å². The second-order valence-electron chi connectivity index (χ2n) is 3.53. The number of fused-ring (bicyclic) bond motifs is 1. The summed E-state index contributed by atoms with van der Waals surface area (Å²) in [6.07, 6.45) is 1.80. The summed E-state index contributed by atoms with van der Waals surface area (Å²) in [5, 5.41) is 10.4. The van der Waals surface area contributed by atoms with Gasteiger partial charge >= 0.3 is 0 Å². The zero-order valence-corrected chi connectivity index (χ0v) is 9.38. The summed E-state index contributed by atoms with van der Waals surface area (Å²) in [7, 11) is 0. The molecule has 2 N–H and O–H groups in total. The minimum Gasteiger partial charge on any atom is -0.508 e. The summed E-state index contributed by atoms with van der Waals surface area (Å²) in [5.41, 5.74) is 1.68. The lowest BCUT2D eigenvalue weighted by Gasteiger charge is -1.88. The molecular formula is C11H9N3OS. The Bertz CT molecular complexity index is 656. The van der Waals surface area contributed by atoms with E-state index < -0.39 is 0 Å². The number of phenols is 1. The summed E-state index contributed by atoms with van der Waals surface area (Å²) in [4.78, 5) is 12.8. The number of aryl methyl sites for hydroxylation is 1. The number of rotatable bonds is 1. The summed E-state index contributed by atoms with van der Waals surface area (Å²) >= 11 is 1.59. The Hall–Kier alpha value is -1.88. The number of imidazole rings is 1. The first kappa shape index (κ1) is 9.35. The van der Waals surface area contributed by atoms with Crippen LogP contribution >= 0.6 is 11.3 Å². The average molecular weight is 231 g/mol. The highest BCUT2D eigenvalue weighted by Crippen LogP contribution is 2.26. The lowest BCUT2D eigenvalue weighted by atomic mass is 10.3. The number of nitrogens with zero attached hydrogens (tertiary/aromatic N) is 2. The minimum absolute atomic E-state index is 0.239. The summed E-state index contributed by atoms with van der Waals surface area (Å²) in [5.74, 6) is 1.04. The molecule has 3 rings (SSSR count). The third kappa shape index (κ3) is 1.45. The first-order valence-corrected chi connectivity index (χ1v) is 5.65. The Morgan fingerprint density at radius 2 is 2.25 bits per heavy atom. The fourth-order valence-corrected chi connectivity index (χ4v) is 2.31. The van der Waals surface area contributed by atoms with E-state index in [0.717, 1.165) is 26.7 Å². The van der Waals surface area contributed by atoms with Gasteiger partial charge in [-0.15, -0.1) is 11.3 Å². The number of aromatic amines is 1. The van der Waals surface area contributed by atoms with Gasteiger partial charge in [0.2, 0.25) is 0 Å². The van der Waals surface area contributed by atoms with Crippen molar-refractivity contribution in [1.29, 1.82) is 0 Å². The van der Waals surface area contributed by atoms with Crippen molar-refractivity contribution in [2.45, 2.75) is 6.92 Å². The van der Waals surface area contributed by atoms with Crippen LogP contribution in [0, 0.1) is 6.92 Å². The number of H-pyrrole nitrogens is 1. The molecule has 0 aliphatic heterocycles. The fraction of sp³-hybridized carbons (Fsp3) is 0.0909. The molecule has 4 nitrogen and oxygen atoms in total. The molecule has 0 radical (unpaired) electrons. The molecule has 2 aromatic heterocycles. The predicted octanol–water partition coefficient (Wildman–Crippen LogP) is 2.70. The molecule has 0 bridgehead atoms. The van der Waals surface area contributed by atoms with E-state index in [-0.39, 0.29) is 5.75 Å². The van der Waals surface area contributed by atoms with E-state index in [2.05, 4.69) is 15.0 Å². The van der Waals surface area contributed by atoms with Gasteiger partial charge in [0.1, 0.15) is 11.6 Å². The van der Waals surface area contributed by atoms with Crippen molar-refractivity contribution in [3.63, 3.8) is 0 Å². The van der Waals surface area contributed by atoms with E-state index in [0.29, 0.717) is 0 Å². The second kappa shape index (κ2) is 3.31. The first-order chi connectivity index (χ1) is 7.72. The van der Waals surface area contributed by atoms with Gasteiger partial charge in [-0.2, -0.15) is 0 Å². The predicted molar refractivity (Wildman–Crippen MR) is 63.6 cm³/mol. The van der Waals surface area contributed by atoms with Gasteiger partial charge in [0.05, 0.1) is 20.9 Å².